The number of aryl methyl sites for hydroxylation is 2. The molecule has 5 nitrogen and oxygen atoms in total. The zero-order valence-corrected chi connectivity index (χ0v) is 13.4. The van der Waals surface area contributed by atoms with Crippen molar-refractivity contribution in [3.63, 3.8) is 0 Å². The van der Waals surface area contributed by atoms with Crippen molar-refractivity contribution in [2.45, 2.75) is 19.1 Å². The number of pyridine rings is 1. The molecule has 0 saturated heterocycles. The number of carboxylic acid groups (broad SMARTS) is 1. The lowest BCUT2D eigenvalue weighted by Crippen LogP contribution is -2.10. The quantitative estimate of drug-likeness (QED) is 0.748. The highest BCUT2D eigenvalue weighted by atomic mass is 19.4. The van der Waals surface area contributed by atoms with Gasteiger partial charge < -0.3 is 9.67 Å². The number of carboxylic acids is 1. The Morgan fingerprint density at radius 3 is 2.62 bits per heavy atom. The monoisotopic (exact) mass is 361 g/mol. The molecule has 0 amide bonds. The van der Waals surface area contributed by atoms with Crippen molar-refractivity contribution in [3.05, 3.63) is 71.8 Å². The Balaban J connectivity index is 1.76. The van der Waals surface area contributed by atoms with Crippen LogP contribution in [0.25, 0.3) is 11.4 Å². The summed E-state index contributed by atoms with van der Waals surface area (Å²) in [6.45, 7) is 0.304. The van der Waals surface area contributed by atoms with Crippen LogP contribution in [0, 0.1) is 0 Å². The van der Waals surface area contributed by atoms with Gasteiger partial charge in [-0.1, -0.05) is 18.2 Å². The maximum Gasteiger partial charge on any atom is 0.416 e. The van der Waals surface area contributed by atoms with E-state index < -0.39 is 17.7 Å². The van der Waals surface area contributed by atoms with Crippen molar-refractivity contribution in [1.82, 2.24) is 14.5 Å². The van der Waals surface area contributed by atoms with E-state index in [-0.39, 0.29) is 17.5 Å². The van der Waals surface area contributed by atoms with Gasteiger partial charge in [0.15, 0.2) is 0 Å². The lowest BCUT2D eigenvalue weighted by Gasteiger charge is -2.12. The molecule has 0 aliphatic heterocycles. The molecule has 2 heterocycles. The average Bonchev–Trinajstić information content (AvgIpc) is 3.08. The molecule has 0 unspecified atom stereocenters. The standard InChI is InChI=1S/C18H14F3N3O2/c19-18(20,21)14-4-2-1-3-12(14)6-8-24-10-16(23-11-24)15-9-13(17(25)26)5-7-22-15/h1-5,7,9-11H,6,8H2,(H,25,26). The lowest BCUT2D eigenvalue weighted by molar-refractivity contribution is -0.138. The number of carbonyl (C=O) groups is 1. The summed E-state index contributed by atoms with van der Waals surface area (Å²) in [6.07, 6.45) is 0.286. The molecule has 8 heteroatoms. The third-order valence-electron chi connectivity index (χ3n) is 3.86. The number of halogens is 3. The second-order valence-electron chi connectivity index (χ2n) is 5.64. The Hall–Kier alpha value is -3.16. The Labute approximate surface area is 146 Å². The van der Waals surface area contributed by atoms with Crippen LogP contribution in [0.15, 0.2) is 55.1 Å². The summed E-state index contributed by atoms with van der Waals surface area (Å²) in [5, 5.41) is 9.02. The summed E-state index contributed by atoms with van der Waals surface area (Å²) in [6, 6.07) is 8.23. The molecule has 0 atom stereocenters. The Kier molecular flexibility index (Phi) is 4.75. The van der Waals surface area contributed by atoms with Gasteiger partial charge in [-0.25, -0.2) is 9.78 Å². The summed E-state index contributed by atoms with van der Waals surface area (Å²) in [5.41, 5.74) is 0.498. The van der Waals surface area contributed by atoms with E-state index in [2.05, 4.69) is 9.97 Å². The average molecular weight is 361 g/mol. The molecule has 0 aliphatic rings. The van der Waals surface area contributed by atoms with E-state index in [0.29, 0.717) is 17.9 Å². The molecule has 1 aromatic carbocycles. The Morgan fingerprint density at radius 1 is 1.12 bits per heavy atom. The number of nitrogens with zero attached hydrogens (tertiary/aromatic N) is 3. The van der Waals surface area contributed by atoms with Crippen molar-refractivity contribution < 1.29 is 23.1 Å². The molecule has 2 aromatic heterocycles. The molecule has 0 saturated carbocycles. The van der Waals surface area contributed by atoms with Gasteiger partial charge in [-0.2, -0.15) is 13.2 Å². The summed E-state index contributed by atoms with van der Waals surface area (Å²) in [7, 11) is 0. The van der Waals surface area contributed by atoms with E-state index >= 15 is 0 Å². The van der Waals surface area contributed by atoms with Crippen molar-refractivity contribution in [1.29, 1.82) is 0 Å². The third-order valence-corrected chi connectivity index (χ3v) is 3.86. The van der Waals surface area contributed by atoms with Crippen molar-refractivity contribution in [2.24, 2.45) is 0 Å². The van der Waals surface area contributed by atoms with Crippen LogP contribution in [0.3, 0.4) is 0 Å². The number of benzene rings is 1. The van der Waals surface area contributed by atoms with Crippen LogP contribution in [0.4, 0.5) is 13.2 Å². The zero-order valence-electron chi connectivity index (χ0n) is 13.4. The normalized spacial score (nSPS) is 11.5. The topological polar surface area (TPSA) is 68.0 Å². The molecule has 3 rings (SSSR count). The van der Waals surface area contributed by atoms with Gasteiger partial charge in [-0.3, -0.25) is 4.98 Å². The lowest BCUT2D eigenvalue weighted by atomic mass is 10.0. The summed E-state index contributed by atoms with van der Waals surface area (Å²) < 4.78 is 40.7. The first-order chi connectivity index (χ1) is 12.3. The fourth-order valence-corrected chi connectivity index (χ4v) is 2.58. The van der Waals surface area contributed by atoms with E-state index in [9.17, 15) is 18.0 Å². The first-order valence-corrected chi connectivity index (χ1v) is 7.71. The van der Waals surface area contributed by atoms with E-state index in [1.54, 1.807) is 16.8 Å². The highest BCUT2D eigenvalue weighted by Crippen LogP contribution is 2.32. The predicted molar refractivity (Wildman–Crippen MR) is 87.6 cm³/mol. The van der Waals surface area contributed by atoms with Crippen LogP contribution in [0.5, 0.6) is 0 Å². The third kappa shape index (κ3) is 3.90. The van der Waals surface area contributed by atoms with Gasteiger partial charge in [0, 0.05) is 18.9 Å². The van der Waals surface area contributed by atoms with E-state index in [4.69, 9.17) is 5.11 Å². The molecule has 3 aromatic rings. The van der Waals surface area contributed by atoms with Crippen molar-refractivity contribution in [3.8, 4) is 11.4 Å². The number of imidazole rings is 1. The van der Waals surface area contributed by atoms with E-state index in [1.165, 1.54) is 36.8 Å². The largest absolute Gasteiger partial charge is 0.478 e. The van der Waals surface area contributed by atoms with Crippen LogP contribution >= 0.6 is 0 Å². The second-order valence-corrected chi connectivity index (χ2v) is 5.64. The summed E-state index contributed by atoms with van der Waals surface area (Å²) in [5.74, 6) is -1.07. The predicted octanol–water partition coefficient (Wildman–Crippen LogP) is 3.90. The van der Waals surface area contributed by atoms with E-state index in [1.807, 2.05) is 0 Å². The van der Waals surface area contributed by atoms with Crippen molar-refractivity contribution in [2.75, 3.05) is 0 Å². The fourth-order valence-electron chi connectivity index (χ4n) is 2.58. The number of aromatic carboxylic acids is 1. The zero-order chi connectivity index (χ0) is 18.7. The minimum absolute atomic E-state index is 0.0867. The SMILES string of the molecule is O=C(O)c1ccnc(-c2cn(CCc3ccccc3C(F)(F)F)cn2)c1. The minimum Gasteiger partial charge on any atom is -0.478 e. The maximum absolute atomic E-state index is 13.0. The number of rotatable bonds is 5. The molecule has 134 valence electrons. The number of hydrogen-bond acceptors (Lipinski definition) is 3. The summed E-state index contributed by atoms with van der Waals surface area (Å²) >= 11 is 0. The minimum atomic E-state index is -4.39. The fraction of sp³-hybridized carbons (Fsp3) is 0.167. The second kappa shape index (κ2) is 6.99. The Bertz CT molecular complexity index is 935. The van der Waals surface area contributed by atoms with E-state index in [0.717, 1.165) is 6.07 Å². The van der Waals surface area contributed by atoms with Crippen molar-refractivity contribution >= 4 is 5.97 Å². The smallest absolute Gasteiger partial charge is 0.416 e. The number of aromatic nitrogens is 3. The van der Waals surface area contributed by atoms with Gasteiger partial charge in [-0.05, 0) is 30.2 Å². The molecule has 0 spiro atoms. The van der Waals surface area contributed by atoms with Crippen LogP contribution in [0.1, 0.15) is 21.5 Å². The molecule has 0 aliphatic carbocycles. The van der Waals surface area contributed by atoms with Crippen LogP contribution in [0.2, 0.25) is 0 Å². The van der Waals surface area contributed by atoms with Crippen LogP contribution in [-0.4, -0.2) is 25.6 Å². The number of hydrogen-bond donors (Lipinski definition) is 1. The van der Waals surface area contributed by atoms with Gasteiger partial charge in [0.2, 0.25) is 0 Å². The highest BCUT2D eigenvalue weighted by Gasteiger charge is 2.32. The highest BCUT2D eigenvalue weighted by molar-refractivity contribution is 5.88. The molecular weight excluding hydrogens is 347 g/mol. The molecule has 0 fully saturated rings. The first kappa shape index (κ1) is 17.7. The number of alkyl halides is 3. The molecule has 26 heavy (non-hydrogen) atoms. The maximum atomic E-state index is 13.0. The van der Waals surface area contributed by atoms with Crippen LogP contribution < -0.4 is 0 Å². The van der Waals surface area contributed by atoms with Crippen LogP contribution in [-0.2, 0) is 19.1 Å². The van der Waals surface area contributed by atoms with Gasteiger partial charge in [0.25, 0.3) is 0 Å². The molecular formula is C18H14F3N3O2. The molecule has 1 N–H and O–H groups in total. The molecule has 0 radical (unpaired) electrons. The van der Waals surface area contributed by atoms with Gasteiger partial charge in [-0.15, -0.1) is 0 Å². The van der Waals surface area contributed by atoms with Gasteiger partial charge in [0.1, 0.15) is 5.69 Å². The van der Waals surface area contributed by atoms with Gasteiger partial charge >= 0.3 is 12.1 Å². The first-order valence-electron chi connectivity index (χ1n) is 7.71. The van der Waals surface area contributed by atoms with Gasteiger partial charge in [0.05, 0.1) is 23.1 Å². The Morgan fingerprint density at radius 2 is 1.88 bits per heavy atom. The molecule has 0 bridgehead atoms. The summed E-state index contributed by atoms with van der Waals surface area (Å²) in [4.78, 5) is 19.3.